The van der Waals surface area contributed by atoms with Gasteiger partial charge in [0.05, 0.1) is 6.10 Å². The molecule has 2 fully saturated rings. The first-order valence-corrected chi connectivity index (χ1v) is 8.06. The molecule has 0 amide bonds. The number of carbonyl (C=O) groups excluding carboxylic acids is 2. The SMILES string of the molecule is CC(=O)O[C@]1(C)C/C=C2\CCCC[C@H]2[C@H]2O[C@@H]1CCC2=O. The van der Waals surface area contributed by atoms with Crippen molar-refractivity contribution in [1.82, 2.24) is 0 Å². The lowest BCUT2D eigenvalue weighted by molar-refractivity contribution is -0.194. The minimum Gasteiger partial charge on any atom is -0.456 e. The Labute approximate surface area is 125 Å². The van der Waals surface area contributed by atoms with Crippen LogP contribution in [0.1, 0.15) is 58.8 Å². The van der Waals surface area contributed by atoms with E-state index in [1.54, 1.807) is 0 Å². The van der Waals surface area contributed by atoms with E-state index in [1.807, 2.05) is 6.92 Å². The minimum absolute atomic E-state index is 0.177. The Morgan fingerprint density at radius 2 is 2.14 bits per heavy atom. The van der Waals surface area contributed by atoms with E-state index >= 15 is 0 Å². The molecule has 4 atom stereocenters. The first kappa shape index (κ1) is 14.8. The van der Waals surface area contributed by atoms with Crippen molar-refractivity contribution >= 4 is 11.8 Å². The fourth-order valence-electron chi connectivity index (χ4n) is 4.07. The van der Waals surface area contributed by atoms with E-state index in [4.69, 9.17) is 9.47 Å². The normalized spacial score (nSPS) is 42.1. The Morgan fingerprint density at radius 1 is 1.33 bits per heavy atom. The number of hydrogen-bond donors (Lipinski definition) is 0. The molecule has 1 saturated heterocycles. The van der Waals surface area contributed by atoms with Crippen LogP contribution in [-0.2, 0) is 19.1 Å². The Balaban J connectivity index is 1.95. The average Bonchev–Trinajstić information content (AvgIpc) is 2.44. The van der Waals surface area contributed by atoms with Crippen LogP contribution >= 0.6 is 0 Å². The highest BCUT2D eigenvalue weighted by Gasteiger charge is 2.47. The zero-order chi connectivity index (χ0) is 15.0. The van der Waals surface area contributed by atoms with Gasteiger partial charge in [-0.1, -0.05) is 18.1 Å². The van der Waals surface area contributed by atoms with Crippen LogP contribution in [0.2, 0.25) is 0 Å². The number of fused-ring (bicyclic) bond motifs is 4. The van der Waals surface area contributed by atoms with Crippen LogP contribution in [0.15, 0.2) is 11.6 Å². The molecule has 4 heteroatoms. The van der Waals surface area contributed by atoms with Gasteiger partial charge in [0.2, 0.25) is 0 Å². The van der Waals surface area contributed by atoms with Gasteiger partial charge in [0.15, 0.2) is 5.78 Å². The number of ketones is 1. The highest BCUT2D eigenvalue weighted by atomic mass is 16.6. The third-order valence-electron chi connectivity index (χ3n) is 5.18. The number of rotatable bonds is 1. The highest BCUT2D eigenvalue weighted by molar-refractivity contribution is 5.84. The maximum Gasteiger partial charge on any atom is 0.303 e. The summed E-state index contributed by atoms with van der Waals surface area (Å²) >= 11 is 0. The Kier molecular flexibility index (Phi) is 3.91. The van der Waals surface area contributed by atoms with Crippen molar-refractivity contribution in [3.63, 3.8) is 0 Å². The average molecular weight is 292 g/mol. The van der Waals surface area contributed by atoms with Gasteiger partial charge < -0.3 is 9.47 Å². The zero-order valence-electron chi connectivity index (χ0n) is 12.9. The van der Waals surface area contributed by atoms with Gasteiger partial charge in [0.1, 0.15) is 11.7 Å². The number of carbonyl (C=O) groups is 2. The van der Waals surface area contributed by atoms with E-state index in [9.17, 15) is 9.59 Å². The second-order valence-corrected chi connectivity index (χ2v) is 6.79. The van der Waals surface area contributed by atoms with Gasteiger partial charge in [0, 0.05) is 25.7 Å². The summed E-state index contributed by atoms with van der Waals surface area (Å²) in [7, 11) is 0. The van der Waals surface area contributed by atoms with Crippen molar-refractivity contribution in [1.29, 1.82) is 0 Å². The summed E-state index contributed by atoms with van der Waals surface area (Å²) in [6, 6.07) is 0. The summed E-state index contributed by atoms with van der Waals surface area (Å²) in [5.41, 5.74) is 0.679. The number of esters is 1. The number of hydrogen-bond acceptors (Lipinski definition) is 4. The van der Waals surface area contributed by atoms with Gasteiger partial charge in [-0.2, -0.15) is 0 Å². The van der Waals surface area contributed by atoms with Crippen molar-refractivity contribution < 1.29 is 19.1 Å². The molecule has 116 valence electrons. The van der Waals surface area contributed by atoms with Crippen molar-refractivity contribution in [3.05, 3.63) is 11.6 Å². The summed E-state index contributed by atoms with van der Waals surface area (Å²) in [5, 5.41) is 0. The minimum atomic E-state index is -0.653. The summed E-state index contributed by atoms with van der Waals surface area (Å²) in [5.74, 6) is 0.181. The molecule has 2 bridgehead atoms. The fourth-order valence-corrected chi connectivity index (χ4v) is 4.07. The summed E-state index contributed by atoms with van der Waals surface area (Å²) in [6.07, 6.45) is 8.01. The van der Waals surface area contributed by atoms with Crippen LogP contribution in [0.25, 0.3) is 0 Å². The topological polar surface area (TPSA) is 52.6 Å². The molecule has 0 aromatic rings. The standard InChI is InChI=1S/C17H24O4/c1-11(18)21-17(2)10-9-12-5-3-4-6-13(12)16-14(19)7-8-15(17)20-16/h9,13,15-16H,3-8,10H2,1-2H3/b12-9+/t13-,15-,16-,17-/m1/s1. The van der Waals surface area contributed by atoms with Gasteiger partial charge in [-0.05, 0) is 32.6 Å². The van der Waals surface area contributed by atoms with Crippen molar-refractivity contribution in [3.8, 4) is 0 Å². The van der Waals surface area contributed by atoms with Crippen LogP contribution in [0.5, 0.6) is 0 Å². The molecular weight excluding hydrogens is 268 g/mol. The Morgan fingerprint density at radius 3 is 2.90 bits per heavy atom. The Bertz CT molecular complexity index is 481. The fraction of sp³-hybridized carbons (Fsp3) is 0.765. The quantitative estimate of drug-likeness (QED) is 0.551. The summed E-state index contributed by atoms with van der Waals surface area (Å²) in [4.78, 5) is 23.8. The van der Waals surface area contributed by atoms with Crippen LogP contribution in [0.4, 0.5) is 0 Å². The monoisotopic (exact) mass is 292 g/mol. The van der Waals surface area contributed by atoms with Gasteiger partial charge in [0.25, 0.3) is 0 Å². The number of ether oxygens (including phenoxy) is 2. The third kappa shape index (κ3) is 2.78. The Hall–Kier alpha value is -1.16. The molecule has 0 spiro atoms. The second-order valence-electron chi connectivity index (χ2n) is 6.79. The molecule has 21 heavy (non-hydrogen) atoms. The van der Waals surface area contributed by atoms with Crippen LogP contribution in [0, 0.1) is 5.92 Å². The predicted molar refractivity (Wildman–Crippen MR) is 77.7 cm³/mol. The van der Waals surface area contributed by atoms with Crippen molar-refractivity contribution in [2.24, 2.45) is 5.92 Å². The molecule has 0 N–H and O–H groups in total. The maximum absolute atomic E-state index is 12.3. The first-order valence-electron chi connectivity index (χ1n) is 8.06. The smallest absolute Gasteiger partial charge is 0.303 e. The van der Waals surface area contributed by atoms with E-state index < -0.39 is 5.60 Å². The van der Waals surface area contributed by atoms with Gasteiger partial charge >= 0.3 is 5.97 Å². The molecule has 0 radical (unpaired) electrons. The summed E-state index contributed by atoms with van der Waals surface area (Å²) < 4.78 is 11.8. The highest BCUT2D eigenvalue weighted by Crippen LogP contribution is 2.42. The molecule has 2 aliphatic heterocycles. The lowest BCUT2D eigenvalue weighted by Gasteiger charge is -2.45. The van der Waals surface area contributed by atoms with Gasteiger partial charge in [-0.25, -0.2) is 0 Å². The van der Waals surface area contributed by atoms with Gasteiger partial charge in [-0.15, -0.1) is 0 Å². The summed E-state index contributed by atoms with van der Waals surface area (Å²) in [6.45, 7) is 3.37. The van der Waals surface area contributed by atoms with E-state index in [0.717, 1.165) is 12.8 Å². The molecule has 4 nitrogen and oxygen atoms in total. The van der Waals surface area contributed by atoms with Crippen LogP contribution in [0.3, 0.4) is 0 Å². The zero-order valence-corrected chi connectivity index (χ0v) is 12.9. The van der Waals surface area contributed by atoms with Crippen molar-refractivity contribution in [2.45, 2.75) is 76.6 Å². The first-order chi connectivity index (χ1) is 9.99. The lowest BCUT2D eigenvalue weighted by atomic mass is 9.74. The van der Waals surface area contributed by atoms with E-state index in [1.165, 1.54) is 25.3 Å². The van der Waals surface area contributed by atoms with Crippen LogP contribution in [-0.4, -0.2) is 29.6 Å². The molecule has 1 saturated carbocycles. The molecule has 2 heterocycles. The molecule has 0 aromatic heterocycles. The maximum atomic E-state index is 12.3. The molecule has 3 aliphatic rings. The molecule has 1 aliphatic carbocycles. The predicted octanol–water partition coefficient (Wildman–Crippen LogP) is 2.95. The van der Waals surface area contributed by atoms with E-state index in [-0.39, 0.29) is 29.9 Å². The second kappa shape index (κ2) is 5.56. The molecule has 3 rings (SSSR count). The van der Waals surface area contributed by atoms with Gasteiger partial charge in [-0.3, -0.25) is 9.59 Å². The van der Waals surface area contributed by atoms with E-state index in [0.29, 0.717) is 19.3 Å². The van der Waals surface area contributed by atoms with Crippen molar-refractivity contribution in [2.75, 3.05) is 0 Å². The number of Topliss-reactive ketones (excluding diaryl/α,β-unsaturated/α-hetero) is 1. The third-order valence-corrected chi connectivity index (χ3v) is 5.18. The molecule has 0 aromatic carbocycles. The largest absolute Gasteiger partial charge is 0.456 e. The van der Waals surface area contributed by atoms with E-state index in [2.05, 4.69) is 6.08 Å². The van der Waals surface area contributed by atoms with Crippen LogP contribution < -0.4 is 0 Å². The molecular formula is C17H24O4. The molecule has 0 unspecified atom stereocenters. The lowest BCUT2D eigenvalue weighted by Crippen LogP contribution is -2.53.